The number of sulfonamides is 1. The van der Waals surface area contributed by atoms with Gasteiger partial charge in [-0.2, -0.15) is 0 Å². The zero-order valence-electron chi connectivity index (χ0n) is 9.33. The maximum absolute atomic E-state index is 10.9. The average Bonchev–Trinajstić information content (AvgIpc) is 1.93. The zero-order chi connectivity index (χ0) is 10.1. The molecule has 0 aliphatic heterocycles. The number of anilines is 1. The van der Waals surface area contributed by atoms with Gasteiger partial charge in [0, 0.05) is 5.02 Å². The SMILES string of the molecule is Cc1cc(Cl)ccc1NS(C)(=O)=O.[H-].[Na+]. The van der Waals surface area contributed by atoms with E-state index in [4.69, 9.17) is 11.6 Å². The molecule has 6 heteroatoms. The fourth-order valence-electron chi connectivity index (χ4n) is 0.941. The molecule has 3 nitrogen and oxygen atoms in total. The summed E-state index contributed by atoms with van der Waals surface area (Å²) in [5.74, 6) is 0. The second-order valence-electron chi connectivity index (χ2n) is 2.83. The van der Waals surface area contributed by atoms with Crippen LogP contribution in [0.1, 0.15) is 6.99 Å². The molecule has 74 valence electrons. The molecular formula is C8H11ClNNaO2S. The van der Waals surface area contributed by atoms with Gasteiger partial charge in [-0.1, -0.05) is 11.6 Å². The van der Waals surface area contributed by atoms with Crippen molar-refractivity contribution >= 4 is 27.3 Å². The minimum atomic E-state index is -3.21. The van der Waals surface area contributed by atoms with E-state index in [0.29, 0.717) is 10.7 Å². The first kappa shape index (κ1) is 14.3. The van der Waals surface area contributed by atoms with Gasteiger partial charge in [-0.3, -0.25) is 4.72 Å². The second-order valence-corrected chi connectivity index (χ2v) is 5.02. The summed E-state index contributed by atoms with van der Waals surface area (Å²) in [5, 5.41) is 0.594. The van der Waals surface area contributed by atoms with Crippen molar-refractivity contribution in [3.8, 4) is 0 Å². The Morgan fingerprint density at radius 2 is 2.00 bits per heavy atom. The van der Waals surface area contributed by atoms with Crippen LogP contribution in [0.15, 0.2) is 18.2 Å². The van der Waals surface area contributed by atoms with Gasteiger partial charge in [0.15, 0.2) is 0 Å². The molecule has 0 amide bonds. The van der Waals surface area contributed by atoms with E-state index in [9.17, 15) is 8.42 Å². The second kappa shape index (κ2) is 5.37. The summed E-state index contributed by atoms with van der Waals surface area (Å²) in [4.78, 5) is 0. The molecule has 0 heterocycles. The van der Waals surface area contributed by atoms with Crippen molar-refractivity contribution in [3.63, 3.8) is 0 Å². The van der Waals surface area contributed by atoms with Gasteiger partial charge in [-0.05, 0) is 30.7 Å². The third kappa shape index (κ3) is 4.66. The van der Waals surface area contributed by atoms with Crippen molar-refractivity contribution in [2.45, 2.75) is 6.92 Å². The number of hydrogen-bond acceptors (Lipinski definition) is 2. The number of hydrogen-bond donors (Lipinski definition) is 1. The summed E-state index contributed by atoms with van der Waals surface area (Å²) in [6, 6.07) is 4.98. The Morgan fingerprint density at radius 3 is 2.43 bits per heavy atom. The molecular weight excluding hydrogens is 233 g/mol. The van der Waals surface area contributed by atoms with Crippen LogP contribution in [0.5, 0.6) is 0 Å². The maximum Gasteiger partial charge on any atom is 1.00 e. The predicted molar refractivity (Wildman–Crippen MR) is 55.8 cm³/mol. The standard InChI is InChI=1S/C8H10ClNO2S.Na.H/c1-6-5-7(9)3-4-8(6)10-13(2,11)12;;/h3-5,10H,1-2H3;;/q;+1;-1. The molecule has 1 rings (SSSR count). The number of nitrogens with one attached hydrogen (secondary N) is 1. The quantitative estimate of drug-likeness (QED) is 0.687. The Balaban J connectivity index is 0. The van der Waals surface area contributed by atoms with Crippen molar-refractivity contribution in [2.24, 2.45) is 0 Å². The maximum atomic E-state index is 10.9. The molecule has 1 N–H and O–H groups in total. The Kier molecular flexibility index (Phi) is 5.47. The van der Waals surface area contributed by atoms with Crippen LogP contribution in [0.3, 0.4) is 0 Å². The first-order chi connectivity index (χ1) is 5.88. The fraction of sp³-hybridized carbons (Fsp3) is 0.250. The topological polar surface area (TPSA) is 46.2 Å². The molecule has 0 saturated carbocycles. The summed E-state index contributed by atoms with van der Waals surface area (Å²) >= 11 is 5.71. The minimum absolute atomic E-state index is 0. The van der Waals surface area contributed by atoms with Gasteiger partial charge in [0.1, 0.15) is 0 Å². The van der Waals surface area contributed by atoms with E-state index in [1.807, 2.05) is 0 Å². The summed E-state index contributed by atoms with van der Waals surface area (Å²) in [7, 11) is -3.21. The van der Waals surface area contributed by atoms with Crippen LogP contribution >= 0.6 is 11.6 Å². The van der Waals surface area contributed by atoms with E-state index in [1.165, 1.54) is 0 Å². The monoisotopic (exact) mass is 243 g/mol. The number of benzene rings is 1. The number of halogens is 1. The van der Waals surface area contributed by atoms with Crippen LogP contribution in [-0.2, 0) is 10.0 Å². The normalized spacial score (nSPS) is 10.5. The Hall–Kier alpha value is 0.260. The first-order valence-corrected chi connectivity index (χ1v) is 5.89. The van der Waals surface area contributed by atoms with E-state index in [1.54, 1.807) is 25.1 Å². The largest absolute Gasteiger partial charge is 1.00 e. The molecule has 0 aromatic heterocycles. The summed E-state index contributed by atoms with van der Waals surface area (Å²) in [6.45, 7) is 1.79. The Labute approximate surface area is 113 Å². The molecule has 0 spiro atoms. The minimum Gasteiger partial charge on any atom is -1.00 e. The van der Waals surface area contributed by atoms with Gasteiger partial charge >= 0.3 is 29.6 Å². The number of rotatable bonds is 2. The molecule has 1 aromatic carbocycles. The van der Waals surface area contributed by atoms with Gasteiger partial charge in [0.25, 0.3) is 0 Å². The fourth-order valence-corrected chi connectivity index (χ4v) is 1.80. The van der Waals surface area contributed by atoms with Crippen LogP contribution < -0.4 is 34.3 Å². The first-order valence-electron chi connectivity index (χ1n) is 3.62. The van der Waals surface area contributed by atoms with E-state index < -0.39 is 10.0 Å². The van der Waals surface area contributed by atoms with E-state index in [2.05, 4.69) is 4.72 Å². The molecule has 1 aromatic rings. The average molecular weight is 244 g/mol. The molecule has 0 aliphatic carbocycles. The predicted octanol–water partition coefficient (Wildman–Crippen LogP) is -0.864. The van der Waals surface area contributed by atoms with Gasteiger partial charge < -0.3 is 1.43 Å². The Morgan fingerprint density at radius 1 is 1.43 bits per heavy atom. The van der Waals surface area contributed by atoms with Gasteiger partial charge in [-0.25, -0.2) is 8.42 Å². The van der Waals surface area contributed by atoms with Gasteiger partial charge in [-0.15, -0.1) is 0 Å². The smallest absolute Gasteiger partial charge is 1.00 e. The van der Waals surface area contributed by atoms with Crippen molar-refractivity contribution < 1.29 is 39.4 Å². The summed E-state index contributed by atoms with van der Waals surface area (Å²) in [5.41, 5.74) is 1.37. The summed E-state index contributed by atoms with van der Waals surface area (Å²) < 4.78 is 24.2. The molecule has 0 aliphatic rings. The number of aryl methyl sites for hydroxylation is 1. The third-order valence-corrected chi connectivity index (χ3v) is 2.31. The molecule has 0 bridgehead atoms. The van der Waals surface area contributed by atoms with Crippen LogP contribution in [0.25, 0.3) is 0 Å². The van der Waals surface area contributed by atoms with E-state index in [-0.39, 0.29) is 31.0 Å². The third-order valence-electron chi connectivity index (χ3n) is 1.48. The van der Waals surface area contributed by atoms with Gasteiger partial charge in [0.2, 0.25) is 10.0 Å². The van der Waals surface area contributed by atoms with Crippen LogP contribution in [0, 0.1) is 6.92 Å². The zero-order valence-corrected chi connectivity index (χ0v) is 11.9. The van der Waals surface area contributed by atoms with Crippen LogP contribution in [0.2, 0.25) is 5.02 Å². The van der Waals surface area contributed by atoms with Crippen molar-refractivity contribution in [1.29, 1.82) is 0 Å². The molecule has 14 heavy (non-hydrogen) atoms. The molecule has 0 fully saturated rings. The van der Waals surface area contributed by atoms with E-state index >= 15 is 0 Å². The molecule has 0 unspecified atom stereocenters. The van der Waals surface area contributed by atoms with Crippen LogP contribution in [0.4, 0.5) is 5.69 Å². The summed E-state index contributed by atoms with van der Waals surface area (Å²) in [6.07, 6.45) is 1.11. The Bertz CT molecular complexity index is 425. The van der Waals surface area contributed by atoms with Crippen molar-refractivity contribution in [2.75, 3.05) is 11.0 Å². The van der Waals surface area contributed by atoms with Crippen LogP contribution in [-0.4, -0.2) is 14.7 Å². The molecule has 0 radical (unpaired) electrons. The molecule has 0 atom stereocenters. The van der Waals surface area contributed by atoms with Gasteiger partial charge in [0.05, 0.1) is 11.9 Å². The van der Waals surface area contributed by atoms with Crippen molar-refractivity contribution in [3.05, 3.63) is 28.8 Å². The van der Waals surface area contributed by atoms with Crippen molar-refractivity contribution in [1.82, 2.24) is 0 Å². The van der Waals surface area contributed by atoms with E-state index in [0.717, 1.165) is 11.8 Å². The molecule has 0 saturated heterocycles.